The number of carbonyl (C=O) groups is 1. The van der Waals surface area contributed by atoms with Crippen LogP contribution in [0.3, 0.4) is 0 Å². The van der Waals surface area contributed by atoms with E-state index in [2.05, 4.69) is 10.6 Å². The third kappa shape index (κ3) is 1.99. The van der Waals surface area contributed by atoms with E-state index in [0.717, 1.165) is 19.5 Å². The van der Waals surface area contributed by atoms with Crippen molar-refractivity contribution in [3.8, 4) is 0 Å². The van der Waals surface area contributed by atoms with Crippen molar-refractivity contribution in [3.63, 3.8) is 0 Å². The van der Waals surface area contributed by atoms with Gasteiger partial charge in [-0.1, -0.05) is 6.92 Å². The highest BCUT2D eigenvalue weighted by Crippen LogP contribution is 1.96. The lowest BCUT2D eigenvalue weighted by atomic mass is 10.2. The van der Waals surface area contributed by atoms with Crippen molar-refractivity contribution in [2.75, 3.05) is 13.1 Å². The van der Waals surface area contributed by atoms with E-state index in [1.165, 1.54) is 0 Å². The molecule has 1 saturated heterocycles. The molecule has 0 radical (unpaired) electrons. The first-order chi connectivity index (χ1) is 4.83. The molecule has 1 heterocycles. The Morgan fingerprint density at radius 1 is 1.80 bits per heavy atom. The normalized spacial score (nSPS) is 24.7. The Bertz CT molecular complexity index is 119. The third-order valence-corrected chi connectivity index (χ3v) is 1.75. The van der Waals surface area contributed by atoms with Crippen molar-refractivity contribution in [1.29, 1.82) is 0 Å². The predicted octanol–water partition coefficient (Wildman–Crippen LogP) is -0.126. The van der Waals surface area contributed by atoms with Crippen molar-refractivity contribution in [1.82, 2.24) is 10.6 Å². The Labute approximate surface area is 61.2 Å². The highest BCUT2D eigenvalue weighted by Gasteiger charge is 2.14. The summed E-state index contributed by atoms with van der Waals surface area (Å²) in [6.45, 7) is 3.85. The van der Waals surface area contributed by atoms with E-state index in [1.54, 1.807) is 0 Å². The molecule has 1 rings (SSSR count). The maximum Gasteiger partial charge on any atom is 0.219 e. The first-order valence-corrected chi connectivity index (χ1v) is 3.83. The summed E-state index contributed by atoms with van der Waals surface area (Å²) in [5.74, 6) is 0.161. The van der Waals surface area contributed by atoms with Gasteiger partial charge in [0.25, 0.3) is 0 Å². The zero-order valence-corrected chi connectivity index (χ0v) is 6.31. The van der Waals surface area contributed by atoms with Crippen LogP contribution in [-0.4, -0.2) is 25.0 Å². The zero-order valence-electron chi connectivity index (χ0n) is 6.31. The van der Waals surface area contributed by atoms with E-state index in [1.807, 2.05) is 6.92 Å². The Balaban J connectivity index is 2.17. The van der Waals surface area contributed by atoms with Gasteiger partial charge in [-0.05, 0) is 13.0 Å². The minimum Gasteiger partial charge on any atom is -0.352 e. The predicted molar refractivity (Wildman–Crippen MR) is 39.7 cm³/mol. The van der Waals surface area contributed by atoms with Crippen molar-refractivity contribution < 1.29 is 4.79 Å². The van der Waals surface area contributed by atoms with E-state index in [9.17, 15) is 4.79 Å². The summed E-state index contributed by atoms with van der Waals surface area (Å²) in [5, 5.41) is 6.11. The largest absolute Gasteiger partial charge is 0.352 e. The fraction of sp³-hybridized carbons (Fsp3) is 0.857. The van der Waals surface area contributed by atoms with E-state index in [4.69, 9.17) is 0 Å². The minimum atomic E-state index is 0.161. The summed E-state index contributed by atoms with van der Waals surface area (Å²) in [6, 6.07) is 0.382. The van der Waals surface area contributed by atoms with Gasteiger partial charge in [-0.25, -0.2) is 0 Å². The average molecular weight is 142 g/mol. The van der Waals surface area contributed by atoms with Gasteiger partial charge in [-0.2, -0.15) is 0 Å². The smallest absolute Gasteiger partial charge is 0.219 e. The number of hydrogen-bond donors (Lipinski definition) is 2. The molecule has 0 aromatic carbocycles. The summed E-state index contributed by atoms with van der Waals surface area (Å²) in [5.41, 5.74) is 0. The van der Waals surface area contributed by atoms with Crippen LogP contribution < -0.4 is 10.6 Å². The van der Waals surface area contributed by atoms with Gasteiger partial charge in [-0.15, -0.1) is 0 Å². The lowest BCUT2D eigenvalue weighted by molar-refractivity contribution is -0.121. The molecular formula is C7H14N2O. The molecule has 58 valence electrons. The second-order valence-electron chi connectivity index (χ2n) is 2.61. The second kappa shape index (κ2) is 3.56. The molecule has 0 spiro atoms. The number of rotatable bonds is 2. The van der Waals surface area contributed by atoms with Crippen LogP contribution in [0, 0.1) is 0 Å². The van der Waals surface area contributed by atoms with Crippen molar-refractivity contribution >= 4 is 5.91 Å². The summed E-state index contributed by atoms with van der Waals surface area (Å²) in [6.07, 6.45) is 1.67. The van der Waals surface area contributed by atoms with Crippen LogP contribution in [0.25, 0.3) is 0 Å². The fourth-order valence-corrected chi connectivity index (χ4v) is 1.11. The highest BCUT2D eigenvalue weighted by atomic mass is 16.1. The molecule has 0 aliphatic carbocycles. The van der Waals surface area contributed by atoms with Crippen molar-refractivity contribution in [3.05, 3.63) is 0 Å². The van der Waals surface area contributed by atoms with Crippen LogP contribution in [-0.2, 0) is 4.79 Å². The van der Waals surface area contributed by atoms with Gasteiger partial charge in [0.2, 0.25) is 5.91 Å². The molecule has 0 bridgehead atoms. The lowest BCUT2D eigenvalue weighted by Crippen LogP contribution is -2.35. The van der Waals surface area contributed by atoms with Gasteiger partial charge in [-0.3, -0.25) is 4.79 Å². The second-order valence-corrected chi connectivity index (χ2v) is 2.61. The molecule has 0 saturated carbocycles. The number of amides is 1. The zero-order chi connectivity index (χ0) is 7.40. The van der Waals surface area contributed by atoms with E-state index in [0.29, 0.717) is 12.5 Å². The van der Waals surface area contributed by atoms with Crippen LogP contribution >= 0.6 is 0 Å². The van der Waals surface area contributed by atoms with Crippen LogP contribution in [0.4, 0.5) is 0 Å². The summed E-state index contributed by atoms with van der Waals surface area (Å²) < 4.78 is 0. The van der Waals surface area contributed by atoms with E-state index in [-0.39, 0.29) is 5.91 Å². The quantitative estimate of drug-likeness (QED) is 0.564. The Kier molecular flexibility index (Phi) is 2.68. The molecule has 1 aliphatic rings. The van der Waals surface area contributed by atoms with Crippen LogP contribution in [0.1, 0.15) is 19.8 Å². The van der Waals surface area contributed by atoms with E-state index >= 15 is 0 Å². The average Bonchev–Trinajstić information content (AvgIpc) is 2.40. The Hall–Kier alpha value is -0.570. The maximum absolute atomic E-state index is 10.8. The molecule has 3 heteroatoms. The molecule has 0 aromatic rings. The van der Waals surface area contributed by atoms with Gasteiger partial charge in [0.1, 0.15) is 0 Å². The van der Waals surface area contributed by atoms with Crippen LogP contribution in [0.15, 0.2) is 0 Å². The monoisotopic (exact) mass is 142 g/mol. The van der Waals surface area contributed by atoms with Gasteiger partial charge in [0.05, 0.1) is 0 Å². The maximum atomic E-state index is 10.8. The van der Waals surface area contributed by atoms with Crippen molar-refractivity contribution in [2.45, 2.75) is 25.8 Å². The van der Waals surface area contributed by atoms with Crippen LogP contribution in [0.2, 0.25) is 0 Å². The summed E-state index contributed by atoms with van der Waals surface area (Å²) in [4.78, 5) is 10.8. The third-order valence-electron chi connectivity index (χ3n) is 1.75. The molecule has 2 N–H and O–H groups in total. The molecule has 1 atom stereocenters. The number of carbonyl (C=O) groups excluding carboxylic acids is 1. The summed E-state index contributed by atoms with van der Waals surface area (Å²) in [7, 11) is 0. The molecule has 1 aliphatic heterocycles. The standard InChI is InChI=1S/C7H14N2O/c1-2-7(10)9-6-3-4-8-5-6/h6,8H,2-5H2,1H3,(H,9,10)/t6-/m1/s1. The number of nitrogens with one attached hydrogen (secondary N) is 2. The van der Waals surface area contributed by atoms with Gasteiger partial charge in [0.15, 0.2) is 0 Å². The highest BCUT2D eigenvalue weighted by molar-refractivity contribution is 5.75. The Morgan fingerprint density at radius 3 is 3.10 bits per heavy atom. The topological polar surface area (TPSA) is 41.1 Å². The molecule has 1 fully saturated rings. The minimum absolute atomic E-state index is 0.161. The molecule has 0 unspecified atom stereocenters. The molecule has 3 nitrogen and oxygen atoms in total. The first-order valence-electron chi connectivity index (χ1n) is 3.83. The Morgan fingerprint density at radius 2 is 2.60 bits per heavy atom. The van der Waals surface area contributed by atoms with Crippen LogP contribution in [0.5, 0.6) is 0 Å². The van der Waals surface area contributed by atoms with E-state index < -0.39 is 0 Å². The molecular weight excluding hydrogens is 128 g/mol. The molecule has 10 heavy (non-hydrogen) atoms. The summed E-state index contributed by atoms with van der Waals surface area (Å²) >= 11 is 0. The van der Waals surface area contributed by atoms with Gasteiger partial charge in [0, 0.05) is 19.0 Å². The first kappa shape index (κ1) is 7.54. The van der Waals surface area contributed by atoms with Gasteiger partial charge >= 0.3 is 0 Å². The van der Waals surface area contributed by atoms with Crippen molar-refractivity contribution in [2.24, 2.45) is 0 Å². The number of hydrogen-bond acceptors (Lipinski definition) is 2. The fourth-order valence-electron chi connectivity index (χ4n) is 1.11. The molecule has 1 amide bonds. The lowest BCUT2D eigenvalue weighted by Gasteiger charge is -2.08. The molecule has 0 aromatic heterocycles. The SMILES string of the molecule is CCC(=O)N[C@@H]1CCNC1. The van der Waals surface area contributed by atoms with Gasteiger partial charge < -0.3 is 10.6 Å².